The summed E-state index contributed by atoms with van der Waals surface area (Å²) in [5.74, 6) is -3.45. The number of hydrogen-bond donors (Lipinski definition) is 0. The number of carbonyl (C=O) groups is 1. The van der Waals surface area contributed by atoms with Crippen LogP contribution < -0.4 is 0 Å². The fourth-order valence-corrected chi connectivity index (χ4v) is 4.85. The van der Waals surface area contributed by atoms with Crippen molar-refractivity contribution in [3.8, 4) is 0 Å². The third-order valence-electron chi connectivity index (χ3n) is 5.15. The Balaban J connectivity index is 1.96. The summed E-state index contributed by atoms with van der Waals surface area (Å²) in [5.41, 5.74) is -6.94. The Morgan fingerprint density at radius 2 is 1.95 bits per heavy atom. The second kappa shape index (κ2) is 12.1. The number of ether oxygens (including phenoxy) is 1. The van der Waals surface area contributed by atoms with Gasteiger partial charge in [-0.15, -0.1) is 11.3 Å². The number of aliphatic imine (C=N–C) groups is 1. The molecule has 2 aromatic rings. The summed E-state index contributed by atoms with van der Waals surface area (Å²) in [6.07, 6.45) is 0.254. The molecule has 3 heterocycles. The maximum atomic E-state index is 14.6. The van der Waals surface area contributed by atoms with Crippen LogP contribution in [0.15, 0.2) is 47.3 Å². The maximum Gasteiger partial charge on any atom is 0.534 e. The summed E-state index contributed by atoms with van der Waals surface area (Å²) in [7, 11) is -6.26. The molecule has 0 fully saturated rings. The summed E-state index contributed by atoms with van der Waals surface area (Å²) in [6, 6.07) is 1.49. The van der Waals surface area contributed by atoms with Crippen LogP contribution >= 0.6 is 11.3 Å². The van der Waals surface area contributed by atoms with Gasteiger partial charge in [0.1, 0.15) is 22.1 Å². The predicted molar refractivity (Wildman–Crippen MR) is 138 cm³/mol. The van der Waals surface area contributed by atoms with Crippen molar-refractivity contribution in [2.24, 2.45) is 4.99 Å². The first-order valence-electron chi connectivity index (χ1n) is 11.6. The molecule has 0 saturated carbocycles. The van der Waals surface area contributed by atoms with Crippen molar-refractivity contribution in [2.45, 2.75) is 51.5 Å². The highest BCUT2D eigenvalue weighted by molar-refractivity contribution is 7.88. The van der Waals surface area contributed by atoms with Crippen molar-refractivity contribution in [3.05, 3.63) is 70.0 Å². The molecule has 224 valence electrons. The number of aromatic nitrogens is 2. The number of allylic oxidation sites excluding steroid dienone is 4. The lowest BCUT2D eigenvalue weighted by molar-refractivity contribution is -0.0504. The van der Waals surface area contributed by atoms with E-state index in [-0.39, 0.29) is 31.7 Å². The maximum absolute atomic E-state index is 14.6. The van der Waals surface area contributed by atoms with Crippen LogP contribution in [0.4, 0.5) is 31.1 Å². The van der Waals surface area contributed by atoms with Gasteiger partial charge in [0, 0.05) is 23.6 Å². The first-order valence-corrected chi connectivity index (χ1v) is 13.9. The van der Waals surface area contributed by atoms with E-state index in [1.165, 1.54) is 15.6 Å². The van der Waals surface area contributed by atoms with Crippen molar-refractivity contribution in [2.75, 3.05) is 6.54 Å². The molecule has 41 heavy (non-hydrogen) atoms. The van der Waals surface area contributed by atoms with Crippen LogP contribution in [0.2, 0.25) is 0 Å². The average Bonchev–Trinajstić information content (AvgIpc) is 3.42. The van der Waals surface area contributed by atoms with Crippen LogP contribution in [0.1, 0.15) is 42.6 Å². The molecular weight excluding hydrogens is 602 g/mol. The van der Waals surface area contributed by atoms with Gasteiger partial charge in [-0.1, -0.05) is 6.58 Å². The molecule has 1 aliphatic rings. The second-order valence-electron chi connectivity index (χ2n) is 9.49. The highest BCUT2D eigenvalue weighted by Crippen LogP contribution is 2.33. The van der Waals surface area contributed by atoms with E-state index in [0.29, 0.717) is 29.2 Å². The number of thiophene rings is 1. The summed E-state index contributed by atoms with van der Waals surface area (Å²) in [4.78, 5) is 17.1. The Labute approximate surface area is 235 Å². The zero-order chi connectivity index (χ0) is 30.8. The topological polar surface area (TPSA) is 103 Å². The molecule has 17 heteroatoms. The van der Waals surface area contributed by atoms with Crippen LogP contribution in [-0.4, -0.2) is 52.7 Å². The lowest BCUT2D eigenvalue weighted by Gasteiger charge is -2.30. The van der Waals surface area contributed by atoms with Crippen LogP contribution in [0.5, 0.6) is 0 Å². The standard InChI is InChI=1S/C24H24F6N4O5S2/c1-14(9-15(26)5-6-25)19-18(27)13-40-20(19)21(39-41(36,37)24(28,29)30)31-11-16-10-17-12-33(7-8-34(17)32-16)22(35)38-23(2,3)4/h5-6,9-10,13H,1,7-8,11-12H2,2-4H3/b6-5+,15-9?,31-21?. The van der Waals surface area contributed by atoms with E-state index in [1.807, 2.05) is 0 Å². The first-order chi connectivity index (χ1) is 18.9. The van der Waals surface area contributed by atoms with E-state index >= 15 is 0 Å². The van der Waals surface area contributed by atoms with E-state index in [4.69, 9.17) is 4.74 Å². The van der Waals surface area contributed by atoms with Gasteiger partial charge >= 0.3 is 21.7 Å². The SMILES string of the molecule is C=C(C=C(F)/C=C/F)c1c(F)csc1C(=NCc1cc2n(n1)CCN(C(=O)OC(C)(C)C)C2)OS(=O)(=O)C(F)(F)F. The van der Waals surface area contributed by atoms with Crippen LogP contribution in [0.25, 0.3) is 5.57 Å². The first kappa shape index (κ1) is 31.9. The molecule has 1 amide bonds. The molecule has 0 unspecified atom stereocenters. The van der Waals surface area contributed by atoms with E-state index < -0.39 is 67.4 Å². The number of hydrogen-bond acceptors (Lipinski definition) is 8. The summed E-state index contributed by atoms with van der Waals surface area (Å²) in [5, 5.41) is 5.06. The zero-order valence-corrected chi connectivity index (χ0v) is 23.5. The minimum Gasteiger partial charge on any atom is -0.444 e. The minimum absolute atomic E-state index is 0.1000. The molecule has 0 saturated heterocycles. The Kier molecular flexibility index (Phi) is 9.42. The molecule has 0 bridgehead atoms. The predicted octanol–water partition coefficient (Wildman–Crippen LogP) is 6.00. The van der Waals surface area contributed by atoms with E-state index in [9.17, 15) is 39.6 Å². The molecular formula is C24H24F6N4O5S2. The fraction of sp³-hybridized carbons (Fsp3) is 0.375. The van der Waals surface area contributed by atoms with Gasteiger partial charge in [0.2, 0.25) is 5.90 Å². The van der Waals surface area contributed by atoms with Gasteiger partial charge in [0.25, 0.3) is 0 Å². The van der Waals surface area contributed by atoms with Gasteiger partial charge in [0.05, 0.1) is 37.4 Å². The Hall–Kier alpha value is -3.60. The number of nitrogens with zero attached hydrogens (tertiary/aromatic N) is 4. The van der Waals surface area contributed by atoms with Crippen molar-refractivity contribution in [1.82, 2.24) is 14.7 Å². The second-order valence-corrected chi connectivity index (χ2v) is 11.9. The minimum atomic E-state index is -6.26. The van der Waals surface area contributed by atoms with Gasteiger partial charge in [-0.3, -0.25) is 4.68 Å². The van der Waals surface area contributed by atoms with Crippen molar-refractivity contribution in [1.29, 1.82) is 0 Å². The summed E-state index contributed by atoms with van der Waals surface area (Å²) in [6.45, 7) is 8.66. The average molecular weight is 627 g/mol. The normalized spacial score (nSPS) is 15.3. The molecule has 3 rings (SSSR count). The molecule has 1 aliphatic heterocycles. The molecule has 0 radical (unpaired) electrons. The van der Waals surface area contributed by atoms with Crippen molar-refractivity contribution >= 4 is 39.0 Å². The van der Waals surface area contributed by atoms with Crippen LogP contribution in [-0.2, 0) is 38.7 Å². The van der Waals surface area contributed by atoms with Crippen LogP contribution in [0, 0.1) is 5.82 Å². The van der Waals surface area contributed by atoms with Crippen molar-refractivity contribution in [3.63, 3.8) is 0 Å². The van der Waals surface area contributed by atoms with Gasteiger partial charge in [0.15, 0.2) is 0 Å². The lowest BCUT2D eigenvalue weighted by Crippen LogP contribution is -2.41. The molecule has 0 aliphatic carbocycles. The molecule has 0 spiro atoms. The fourth-order valence-electron chi connectivity index (χ4n) is 3.47. The zero-order valence-electron chi connectivity index (χ0n) is 21.8. The Bertz CT molecular complexity index is 1520. The number of fused-ring (bicyclic) bond motifs is 1. The number of alkyl halides is 3. The number of amides is 1. The molecule has 0 aromatic carbocycles. The number of carbonyl (C=O) groups excluding carboxylic acids is 1. The molecule has 0 atom stereocenters. The van der Waals surface area contributed by atoms with Gasteiger partial charge in [-0.2, -0.15) is 26.7 Å². The third kappa shape index (κ3) is 8.00. The van der Waals surface area contributed by atoms with Crippen molar-refractivity contribution < 1.29 is 48.5 Å². The van der Waals surface area contributed by atoms with E-state index in [2.05, 4.69) is 20.9 Å². The molecule has 0 N–H and O–H groups in total. The van der Waals surface area contributed by atoms with Gasteiger partial charge in [-0.25, -0.2) is 23.0 Å². The number of halogens is 6. The molecule has 9 nitrogen and oxygen atoms in total. The smallest absolute Gasteiger partial charge is 0.444 e. The lowest BCUT2D eigenvalue weighted by atomic mass is 10.1. The highest BCUT2D eigenvalue weighted by Gasteiger charge is 2.49. The van der Waals surface area contributed by atoms with Gasteiger partial charge < -0.3 is 13.8 Å². The Morgan fingerprint density at radius 3 is 2.56 bits per heavy atom. The summed E-state index contributed by atoms with van der Waals surface area (Å²) >= 11 is 0.424. The van der Waals surface area contributed by atoms with Gasteiger partial charge in [-0.05, 0) is 38.5 Å². The summed E-state index contributed by atoms with van der Waals surface area (Å²) < 4.78 is 115. The Morgan fingerprint density at radius 1 is 1.27 bits per heavy atom. The monoisotopic (exact) mass is 626 g/mol. The van der Waals surface area contributed by atoms with E-state index in [0.717, 1.165) is 5.38 Å². The number of rotatable bonds is 7. The quantitative estimate of drug-likeness (QED) is 0.0934. The van der Waals surface area contributed by atoms with Crippen LogP contribution in [0.3, 0.4) is 0 Å². The largest absolute Gasteiger partial charge is 0.534 e. The molecule has 2 aromatic heterocycles. The third-order valence-corrected chi connectivity index (χ3v) is 7.04. The van der Waals surface area contributed by atoms with E-state index in [1.54, 1.807) is 20.8 Å². The highest BCUT2D eigenvalue weighted by atomic mass is 32.2.